The molecule has 1 aliphatic heterocycles. The lowest BCUT2D eigenvalue weighted by Gasteiger charge is -2.35. The summed E-state index contributed by atoms with van der Waals surface area (Å²) < 4.78 is 0. The number of aromatic nitrogens is 2. The Bertz CT molecular complexity index is 1030. The van der Waals surface area contributed by atoms with Crippen molar-refractivity contribution in [2.45, 2.75) is 13.0 Å². The number of hydrogen-bond acceptors (Lipinski definition) is 5. The minimum absolute atomic E-state index is 0.123. The Balaban J connectivity index is 1.65. The van der Waals surface area contributed by atoms with Gasteiger partial charge in [0.15, 0.2) is 0 Å². The van der Waals surface area contributed by atoms with Crippen LogP contribution in [0, 0.1) is 6.92 Å². The van der Waals surface area contributed by atoms with Gasteiger partial charge in [-0.15, -0.1) is 0 Å². The van der Waals surface area contributed by atoms with E-state index in [4.69, 9.17) is 4.98 Å². The molecule has 1 saturated heterocycles. The molecule has 1 atom stereocenters. The van der Waals surface area contributed by atoms with Crippen LogP contribution in [0.15, 0.2) is 67.4 Å². The molecule has 3 heterocycles. The SMILES string of the molecule is C=Cc1ccc(N2CCN[C@@H](c3ccccc3)C2)nc1C(=O)c1cccnc1C. The van der Waals surface area contributed by atoms with Crippen molar-refractivity contribution in [2.75, 3.05) is 24.5 Å². The molecule has 1 N–H and O–H groups in total. The van der Waals surface area contributed by atoms with Crippen LogP contribution in [0.2, 0.25) is 0 Å². The lowest BCUT2D eigenvalue weighted by Crippen LogP contribution is -2.46. The lowest BCUT2D eigenvalue weighted by molar-refractivity contribution is 0.103. The van der Waals surface area contributed by atoms with Crippen LogP contribution >= 0.6 is 0 Å². The number of nitrogens with one attached hydrogen (secondary N) is 1. The number of hydrogen-bond donors (Lipinski definition) is 1. The average molecular weight is 384 g/mol. The highest BCUT2D eigenvalue weighted by Gasteiger charge is 2.24. The molecule has 4 rings (SSSR count). The van der Waals surface area contributed by atoms with Gasteiger partial charge in [-0.25, -0.2) is 4.98 Å². The van der Waals surface area contributed by atoms with Gasteiger partial charge in [-0.2, -0.15) is 0 Å². The zero-order valence-corrected chi connectivity index (χ0v) is 16.5. The van der Waals surface area contributed by atoms with Gasteiger partial charge < -0.3 is 10.2 Å². The third-order valence-corrected chi connectivity index (χ3v) is 5.30. The van der Waals surface area contributed by atoms with Crippen LogP contribution in [-0.2, 0) is 0 Å². The highest BCUT2D eigenvalue weighted by molar-refractivity contribution is 6.10. The fraction of sp³-hybridized carbons (Fsp3) is 0.208. The normalized spacial score (nSPS) is 16.4. The minimum Gasteiger partial charge on any atom is -0.353 e. The summed E-state index contributed by atoms with van der Waals surface area (Å²) in [6.45, 7) is 8.18. The molecule has 3 aromatic rings. The highest BCUT2D eigenvalue weighted by atomic mass is 16.1. The largest absolute Gasteiger partial charge is 0.353 e. The number of aryl methyl sites for hydroxylation is 1. The van der Waals surface area contributed by atoms with Crippen LogP contribution in [0.25, 0.3) is 6.08 Å². The second-order valence-electron chi connectivity index (χ2n) is 7.14. The average Bonchev–Trinajstić information content (AvgIpc) is 2.79. The molecule has 1 aliphatic rings. The maximum atomic E-state index is 13.2. The van der Waals surface area contributed by atoms with Gasteiger partial charge in [0.25, 0.3) is 0 Å². The number of rotatable bonds is 5. The first kappa shape index (κ1) is 19.0. The predicted octanol–water partition coefficient (Wildman–Crippen LogP) is 3.81. The number of carbonyl (C=O) groups excluding carboxylic acids is 1. The summed E-state index contributed by atoms with van der Waals surface area (Å²) in [4.78, 5) is 24.4. The summed E-state index contributed by atoms with van der Waals surface area (Å²) >= 11 is 0. The van der Waals surface area contributed by atoms with E-state index in [-0.39, 0.29) is 11.8 Å². The molecule has 0 unspecified atom stereocenters. The Morgan fingerprint density at radius 3 is 2.76 bits per heavy atom. The van der Waals surface area contributed by atoms with Crippen LogP contribution in [-0.4, -0.2) is 35.4 Å². The summed E-state index contributed by atoms with van der Waals surface area (Å²) in [6.07, 6.45) is 3.37. The Labute approximate surface area is 171 Å². The van der Waals surface area contributed by atoms with Crippen molar-refractivity contribution in [3.05, 3.63) is 95.5 Å². The second-order valence-corrected chi connectivity index (χ2v) is 7.14. The number of ketones is 1. The van der Waals surface area contributed by atoms with Crippen LogP contribution in [0.1, 0.15) is 38.9 Å². The van der Waals surface area contributed by atoms with Crippen molar-refractivity contribution < 1.29 is 4.79 Å². The van der Waals surface area contributed by atoms with Gasteiger partial charge in [-0.3, -0.25) is 9.78 Å². The third-order valence-electron chi connectivity index (χ3n) is 5.30. The van der Waals surface area contributed by atoms with Gasteiger partial charge in [-0.05, 0) is 36.8 Å². The molecule has 0 spiro atoms. The zero-order valence-electron chi connectivity index (χ0n) is 16.5. The topological polar surface area (TPSA) is 58.1 Å². The van der Waals surface area contributed by atoms with E-state index in [1.807, 2.05) is 25.1 Å². The summed E-state index contributed by atoms with van der Waals surface area (Å²) in [7, 11) is 0. The van der Waals surface area contributed by atoms with E-state index in [2.05, 4.69) is 46.0 Å². The quantitative estimate of drug-likeness (QED) is 0.678. The Hall–Kier alpha value is -3.31. The van der Waals surface area contributed by atoms with Gasteiger partial charge in [0.1, 0.15) is 11.5 Å². The summed E-state index contributed by atoms with van der Waals surface area (Å²) in [5, 5.41) is 3.57. The van der Waals surface area contributed by atoms with E-state index in [0.717, 1.165) is 31.0 Å². The van der Waals surface area contributed by atoms with Crippen LogP contribution in [0.5, 0.6) is 0 Å². The molecular weight excluding hydrogens is 360 g/mol. The highest BCUT2D eigenvalue weighted by Crippen LogP contribution is 2.24. The molecule has 0 bridgehead atoms. The maximum absolute atomic E-state index is 13.2. The van der Waals surface area contributed by atoms with Gasteiger partial charge >= 0.3 is 0 Å². The summed E-state index contributed by atoms with van der Waals surface area (Å²) in [5.41, 5.74) is 3.68. The van der Waals surface area contributed by atoms with E-state index in [1.54, 1.807) is 24.4 Å². The number of nitrogens with zero attached hydrogens (tertiary/aromatic N) is 3. The molecule has 0 amide bonds. The van der Waals surface area contributed by atoms with Gasteiger partial charge in [0, 0.05) is 48.7 Å². The van der Waals surface area contributed by atoms with Crippen LogP contribution in [0.4, 0.5) is 5.82 Å². The van der Waals surface area contributed by atoms with E-state index in [1.165, 1.54) is 5.56 Å². The molecule has 0 saturated carbocycles. The van der Waals surface area contributed by atoms with Crippen LogP contribution < -0.4 is 10.2 Å². The van der Waals surface area contributed by atoms with Gasteiger partial charge in [0.2, 0.25) is 5.78 Å². The summed E-state index contributed by atoms with van der Waals surface area (Å²) in [5.74, 6) is 0.685. The van der Waals surface area contributed by atoms with Crippen molar-refractivity contribution in [3.63, 3.8) is 0 Å². The molecule has 5 heteroatoms. The van der Waals surface area contributed by atoms with Gasteiger partial charge in [0.05, 0.1) is 0 Å². The van der Waals surface area contributed by atoms with E-state index >= 15 is 0 Å². The maximum Gasteiger partial charge on any atom is 0.213 e. The molecule has 146 valence electrons. The first-order valence-electron chi connectivity index (χ1n) is 9.80. The second kappa shape index (κ2) is 8.37. The first-order valence-corrected chi connectivity index (χ1v) is 9.80. The van der Waals surface area contributed by atoms with Crippen molar-refractivity contribution in [2.24, 2.45) is 0 Å². The number of piperazine rings is 1. The Morgan fingerprint density at radius 2 is 2.00 bits per heavy atom. The molecule has 29 heavy (non-hydrogen) atoms. The Morgan fingerprint density at radius 1 is 1.17 bits per heavy atom. The number of carbonyl (C=O) groups is 1. The van der Waals surface area contributed by atoms with Gasteiger partial charge in [-0.1, -0.05) is 43.0 Å². The number of pyridine rings is 2. The minimum atomic E-state index is -0.123. The van der Waals surface area contributed by atoms with E-state index in [0.29, 0.717) is 17.0 Å². The molecule has 5 nitrogen and oxygen atoms in total. The smallest absolute Gasteiger partial charge is 0.213 e. The predicted molar refractivity (Wildman–Crippen MR) is 116 cm³/mol. The van der Waals surface area contributed by atoms with Crippen LogP contribution in [0.3, 0.4) is 0 Å². The number of anilines is 1. The zero-order chi connectivity index (χ0) is 20.2. The first-order chi connectivity index (χ1) is 14.2. The summed E-state index contributed by atoms with van der Waals surface area (Å²) in [6, 6.07) is 18.1. The molecule has 2 aromatic heterocycles. The standard InChI is InChI=1S/C24H24N4O/c1-3-18-11-12-22(27-23(18)24(29)20-10-7-13-25-17(20)2)28-15-14-26-21(16-28)19-8-5-4-6-9-19/h3-13,21,26H,1,14-16H2,2H3/t21-/m1/s1. The van der Waals surface area contributed by atoms with E-state index in [9.17, 15) is 4.79 Å². The molecule has 0 aliphatic carbocycles. The fourth-order valence-corrected chi connectivity index (χ4v) is 3.70. The Kier molecular flexibility index (Phi) is 5.49. The molecule has 1 fully saturated rings. The third kappa shape index (κ3) is 3.96. The number of benzene rings is 1. The van der Waals surface area contributed by atoms with Crippen molar-refractivity contribution in [1.29, 1.82) is 0 Å². The molecule has 0 radical (unpaired) electrons. The molecule has 1 aromatic carbocycles. The monoisotopic (exact) mass is 384 g/mol. The van der Waals surface area contributed by atoms with E-state index < -0.39 is 0 Å². The van der Waals surface area contributed by atoms with Crippen molar-refractivity contribution in [3.8, 4) is 0 Å². The lowest BCUT2D eigenvalue weighted by atomic mass is 10.0. The van der Waals surface area contributed by atoms with Crippen molar-refractivity contribution >= 4 is 17.7 Å². The van der Waals surface area contributed by atoms with Crippen molar-refractivity contribution in [1.82, 2.24) is 15.3 Å². The fourth-order valence-electron chi connectivity index (χ4n) is 3.70. The molecular formula is C24H24N4O.